The summed E-state index contributed by atoms with van der Waals surface area (Å²) < 4.78 is 0. The first-order chi connectivity index (χ1) is 7.19. The Kier molecular flexibility index (Phi) is 3.86. The molecule has 1 fully saturated rings. The summed E-state index contributed by atoms with van der Waals surface area (Å²) in [7, 11) is 2.22. The van der Waals surface area contributed by atoms with E-state index >= 15 is 0 Å². The van der Waals surface area contributed by atoms with Crippen LogP contribution < -0.4 is 0 Å². The molecule has 0 amide bonds. The van der Waals surface area contributed by atoms with Crippen molar-refractivity contribution in [1.29, 1.82) is 0 Å². The van der Waals surface area contributed by atoms with Gasteiger partial charge in [0.25, 0.3) is 0 Å². The van der Waals surface area contributed by atoms with Crippen LogP contribution in [-0.4, -0.2) is 34.7 Å². The van der Waals surface area contributed by atoms with Crippen LogP contribution in [0.5, 0.6) is 0 Å². The van der Waals surface area contributed by atoms with Crippen LogP contribution in [0, 0.1) is 5.92 Å². The monoisotopic (exact) mass is 225 g/mol. The highest BCUT2D eigenvalue weighted by Gasteiger charge is 2.42. The van der Waals surface area contributed by atoms with Crippen molar-refractivity contribution in [2.24, 2.45) is 5.92 Å². The van der Waals surface area contributed by atoms with E-state index in [4.69, 9.17) is 5.11 Å². The quantitative estimate of drug-likeness (QED) is 0.731. The minimum absolute atomic E-state index is 0.188. The Labute approximate surface area is 100 Å². The summed E-state index contributed by atoms with van der Waals surface area (Å²) in [5.74, 6) is 0.591. The van der Waals surface area contributed by atoms with Crippen molar-refractivity contribution >= 4 is 0 Å². The molecule has 1 heterocycles. The highest BCUT2D eigenvalue weighted by atomic mass is 16.3. The summed E-state index contributed by atoms with van der Waals surface area (Å²) in [6.45, 7) is 11.4. The molecule has 2 heteroatoms. The minimum atomic E-state index is 0.188. The van der Waals surface area contributed by atoms with Gasteiger partial charge in [-0.3, -0.25) is 4.90 Å². The molecular weight excluding hydrogens is 198 g/mol. The van der Waals surface area contributed by atoms with Crippen LogP contribution in [0.15, 0.2) is 11.6 Å². The lowest BCUT2D eigenvalue weighted by molar-refractivity contribution is -0.0196. The SMILES string of the molecule is CC(=CC1CC(C)(C)N(C)C(C)(C)C1)CO. The highest BCUT2D eigenvalue weighted by Crippen LogP contribution is 2.40. The first-order valence-corrected chi connectivity index (χ1v) is 6.21. The van der Waals surface area contributed by atoms with E-state index in [1.807, 2.05) is 6.92 Å². The Bertz CT molecular complexity index is 260. The van der Waals surface area contributed by atoms with Crippen molar-refractivity contribution < 1.29 is 5.11 Å². The van der Waals surface area contributed by atoms with E-state index in [-0.39, 0.29) is 17.7 Å². The van der Waals surface area contributed by atoms with Gasteiger partial charge in [0.1, 0.15) is 0 Å². The zero-order chi connectivity index (χ0) is 12.6. The van der Waals surface area contributed by atoms with Gasteiger partial charge in [0, 0.05) is 11.1 Å². The van der Waals surface area contributed by atoms with Gasteiger partial charge < -0.3 is 5.11 Å². The largest absolute Gasteiger partial charge is 0.392 e. The molecule has 0 saturated carbocycles. The number of aliphatic hydroxyl groups excluding tert-OH is 1. The molecule has 0 aromatic heterocycles. The molecular formula is C14H27NO. The molecule has 1 N–H and O–H groups in total. The van der Waals surface area contributed by atoms with Gasteiger partial charge in [0.2, 0.25) is 0 Å². The average Bonchev–Trinajstić information content (AvgIpc) is 2.13. The van der Waals surface area contributed by atoms with Crippen LogP contribution in [0.2, 0.25) is 0 Å². The molecule has 1 aliphatic rings. The number of allylic oxidation sites excluding steroid dienone is 1. The third kappa shape index (κ3) is 2.86. The van der Waals surface area contributed by atoms with Gasteiger partial charge in [0.15, 0.2) is 0 Å². The van der Waals surface area contributed by atoms with Crippen molar-refractivity contribution in [3.8, 4) is 0 Å². The van der Waals surface area contributed by atoms with Crippen LogP contribution in [0.1, 0.15) is 47.5 Å². The maximum absolute atomic E-state index is 9.10. The van der Waals surface area contributed by atoms with E-state index in [9.17, 15) is 0 Å². The second kappa shape index (κ2) is 4.50. The first kappa shape index (κ1) is 13.7. The number of aliphatic hydroxyl groups is 1. The Balaban J connectivity index is 2.87. The van der Waals surface area contributed by atoms with Crippen LogP contribution in [0.25, 0.3) is 0 Å². The predicted octanol–water partition coefficient (Wildman–Crippen LogP) is 2.82. The number of piperidine rings is 1. The molecule has 0 unspecified atom stereocenters. The highest BCUT2D eigenvalue weighted by molar-refractivity contribution is 5.08. The summed E-state index contributed by atoms with van der Waals surface area (Å²) in [5, 5.41) is 9.10. The smallest absolute Gasteiger partial charge is 0.0639 e. The van der Waals surface area contributed by atoms with Crippen molar-refractivity contribution in [3.05, 3.63) is 11.6 Å². The summed E-state index contributed by atoms with van der Waals surface area (Å²) in [6, 6.07) is 0. The van der Waals surface area contributed by atoms with Gasteiger partial charge in [-0.05, 0) is 60.4 Å². The Morgan fingerprint density at radius 2 is 1.69 bits per heavy atom. The summed E-state index contributed by atoms with van der Waals surface area (Å²) in [5.41, 5.74) is 1.57. The van der Waals surface area contributed by atoms with Crippen molar-refractivity contribution in [2.75, 3.05) is 13.7 Å². The molecule has 16 heavy (non-hydrogen) atoms. The fourth-order valence-electron chi connectivity index (χ4n) is 3.02. The molecule has 0 atom stereocenters. The van der Waals surface area contributed by atoms with Gasteiger partial charge in [-0.25, -0.2) is 0 Å². The topological polar surface area (TPSA) is 23.5 Å². The lowest BCUT2D eigenvalue weighted by atomic mass is 9.73. The Morgan fingerprint density at radius 3 is 2.06 bits per heavy atom. The molecule has 0 spiro atoms. The first-order valence-electron chi connectivity index (χ1n) is 6.21. The van der Waals surface area contributed by atoms with E-state index in [1.165, 1.54) is 12.8 Å². The summed E-state index contributed by atoms with van der Waals surface area (Å²) >= 11 is 0. The number of hydrogen-bond acceptors (Lipinski definition) is 2. The molecule has 1 rings (SSSR count). The van der Waals surface area contributed by atoms with Crippen molar-refractivity contribution in [2.45, 2.75) is 58.5 Å². The van der Waals surface area contributed by atoms with E-state index in [1.54, 1.807) is 0 Å². The zero-order valence-corrected chi connectivity index (χ0v) is 11.7. The molecule has 1 saturated heterocycles. The van der Waals surface area contributed by atoms with Gasteiger partial charge >= 0.3 is 0 Å². The van der Waals surface area contributed by atoms with Crippen LogP contribution in [-0.2, 0) is 0 Å². The number of likely N-dealkylation sites (tertiary alicyclic amines) is 1. The molecule has 0 radical (unpaired) electrons. The van der Waals surface area contributed by atoms with E-state index < -0.39 is 0 Å². The standard InChI is InChI=1S/C14H27NO/c1-11(10-16)7-12-8-13(2,3)15(6)14(4,5)9-12/h7,12,16H,8-10H2,1-6H3. The lowest BCUT2D eigenvalue weighted by Gasteiger charge is -2.53. The summed E-state index contributed by atoms with van der Waals surface area (Å²) in [4.78, 5) is 2.48. The normalized spacial score (nSPS) is 27.1. The zero-order valence-electron chi connectivity index (χ0n) is 11.7. The average molecular weight is 225 g/mol. The van der Waals surface area contributed by atoms with Crippen LogP contribution in [0.4, 0.5) is 0 Å². The second-order valence-corrected chi connectivity index (χ2v) is 6.52. The fourth-order valence-corrected chi connectivity index (χ4v) is 3.02. The van der Waals surface area contributed by atoms with E-state index in [2.05, 4.69) is 45.7 Å². The Hall–Kier alpha value is -0.340. The molecule has 0 aliphatic carbocycles. The maximum Gasteiger partial charge on any atom is 0.0639 e. The molecule has 0 aromatic carbocycles. The van der Waals surface area contributed by atoms with E-state index in [0.717, 1.165) is 5.57 Å². The molecule has 1 aliphatic heterocycles. The lowest BCUT2D eigenvalue weighted by Crippen LogP contribution is -2.58. The van der Waals surface area contributed by atoms with Gasteiger partial charge in [0.05, 0.1) is 6.61 Å². The number of hydrogen-bond donors (Lipinski definition) is 1. The molecule has 94 valence electrons. The maximum atomic E-state index is 9.10. The molecule has 2 nitrogen and oxygen atoms in total. The van der Waals surface area contributed by atoms with Gasteiger partial charge in [-0.2, -0.15) is 0 Å². The van der Waals surface area contributed by atoms with Gasteiger partial charge in [-0.1, -0.05) is 11.6 Å². The van der Waals surface area contributed by atoms with Gasteiger partial charge in [-0.15, -0.1) is 0 Å². The third-order valence-corrected chi connectivity index (χ3v) is 4.11. The molecule has 0 bridgehead atoms. The Morgan fingerprint density at radius 1 is 1.25 bits per heavy atom. The second-order valence-electron chi connectivity index (χ2n) is 6.52. The summed E-state index contributed by atoms with van der Waals surface area (Å²) in [6.07, 6.45) is 4.60. The fraction of sp³-hybridized carbons (Fsp3) is 0.857. The van der Waals surface area contributed by atoms with E-state index in [0.29, 0.717) is 5.92 Å². The molecule has 0 aromatic rings. The van der Waals surface area contributed by atoms with Crippen molar-refractivity contribution in [3.63, 3.8) is 0 Å². The van der Waals surface area contributed by atoms with Crippen molar-refractivity contribution in [1.82, 2.24) is 4.90 Å². The van der Waals surface area contributed by atoms with Crippen LogP contribution >= 0.6 is 0 Å². The number of nitrogens with zero attached hydrogens (tertiary/aromatic N) is 1. The third-order valence-electron chi connectivity index (χ3n) is 4.11. The predicted molar refractivity (Wildman–Crippen MR) is 69.5 cm³/mol. The minimum Gasteiger partial charge on any atom is -0.392 e. The van der Waals surface area contributed by atoms with Crippen LogP contribution in [0.3, 0.4) is 0 Å². The number of rotatable bonds is 2.